The van der Waals surface area contributed by atoms with Crippen LogP contribution in [-0.4, -0.2) is 36.5 Å². The summed E-state index contributed by atoms with van der Waals surface area (Å²) in [4.78, 5) is 0. The number of hydrogen-bond acceptors (Lipinski definition) is 3. The molecule has 0 aliphatic heterocycles. The lowest BCUT2D eigenvalue weighted by Crippen LogP contribution is -2.30. The van der Waals surface area contributed by atoms with E-state index in [9.17, 15) is 8.42 Å². The zero-order chi connectivity index (χ0) is 10.8. The monoisotopic (exact) mass is 217 g/mol. The predicted molar refractivity (Wildman–Crippen MR) is 53.2 cm³/mol. The first kappa shape index (κ1) is 11.2. The lowest BCUT2D eigenvalue weighted by Gasteiger charge is -2.17. The molecule has 1 aromatic heterocycles. The molecule has 6 heteroatoms. The molecule has 1 heterocycles. The number of nitrogens with zero attached hydrogens (tertiary/aromatic N) is 2. The van der Waals surface area contributed by atoms with Gasteiger partial charge in [0.15, 0.2) is 5.03 Å². The van der Waals surface area contributed by atoms with Crippen LogP contribution in [0, 0.1) is 5.92 Å². The Morgan fingerprint density at radius 1 is 1.57 bits per heavy atom. The van der Waals surface area contributed by atoms with Crippen LogP contribution in [-0.2, 0) is 10.0 Å². The van der Waals surface area contributed by atoms with Crippen LogP contribution < -0.4 is 0 Å². The van der Waals surface area contributed by atoms with E-state index in [1.54, 1.807) is 7.05 Å². The molecule has 0 unspecified atom stereocenters. The van der Waals surface area contributed by atoms with Gasteiger partial charge in [0.05, 0.1) is 6.20 Å². The molecule has 0 bridgehead atoms. The minimum Gasteiger partial charge on any atom is -0.266 e. The average Bonchev–Trinajstić information content (AvgIpc) is 2.54. The van der Waals surface area contributed by atoms with Crippen LogP contribution in [0.5, 0.6) is 0 Å². The normalized spacial score (nSPS) is 12.6. The van der Waals surface area contributed by atoms with Gasteiger partial charge in [-0.3, -0.25) is 5.10 Å². The fourth-order valence-electron chi connectivity index (χ4n) is 1.17. The average molecular weight is 217 g/mol. The zero-order valence-corrected chi connectivity index (χ0v) is 9.37. The van der Waals surface area contributed by atoms with E-state index in [0.717, 1.165) is 0 Å². The molecule has 80 valence electrons. The quantitative estimate of drug-likeness (QED) is 0.806. The molecule has 0 atom stereocenters. The zero-order valence-electron chi connectivity index (χ0n) is 8.56. The highest BCUT2D eigenvalue weighted by atomic mass is 32.2. The largest absolute Gasteiger partial charge is 0.266 e. The van der Waals surface area contributed by atoms with Crippen molar-refractivity contribution in [2.45, 2.75) is 18.9 Å². The van der Waals surface area contributed by atoms with Gasteiger partial charge in [-0.25, -0.2) is 8.42 Å². The summed E-state index contributed by atoms with van der Waals surface area (Å²) in [5, 5.41) is 6.21. The van der Waals surface area contributed by atoms with Gasteiger partial charge >= 0.3 is 0 Å². The standard InChI is InChI=1S/C8H15N3O2S/c1-7(2)6-11(3)14(12,13)8-4-5-9-10-8/h4-5,7H,6H2,1-3H3,(H,9,10). The molecule has 0 aromatic carbocycles. The van der Waals surface area contributed by atoms with Gasteiger partial charge in [0.1, 0.15) is 0 Å². The van der Waals surface area contributed by atoms with Gasteiger partial charge in [0.25, 0.3) is 10.0 Å². The summed E-state index contributed by atoms with van der Waals surface area (Å²) in [5.74, 6) is 0.303. The highest BCUT2D eigenvalue weighted by Gasteiger charge is 2.22. The molecule has 1 aromatic rings. The molecule has 0 fully saturated rings. The molecular formula is C8H15N3O2S. The van der Waals surface area contributed by atoms with Crippen LogP contribution in [0.1, 0.15) is 13.8 Å². The van der Waals surface area contributed by atoms with E-state index in [1.165, 1.54) is 16.6 Å². The van der Waals surface area contributed by atoms with Gasteiger partial charge in [0.2, 0.25) is 0 Å². The molecule has 1 N–H and O–H groups in total. The van der Waals surface area contributed by atoms with E-state index >= 15 is 0 Å². The predicted octanol–water partition coefficient (Wildman–Crippen LogP) is 0.686. The molecule has 0 spiro atoms. The fraction of sp³-hybridized carbons (Fsp3) is 0.625. The summed E-state index contributed by atoms with van der Waals surface area (Å²) in [7, 11) is -1.81. The SMILES string of the molecule is CC(C)CN(C)S(=O)(=O)c1ccn[nH]1. The molecule has 0 aliphatic rings. The Bertz CT molecular complexity index is 369. The molecule has 1 rings (SSSR count). The van der Waals surface area contributed by atoms with Crippen molar-refractivity contribution >= 4 is 10.0 Å². The summed E-state index contributed by atoms with van der Waals surface area (Å²) >= 11 is 0. The van der Waals surface area contributed by atoms with E-state index < -0.39 is 10.0 Å². The second kappa shape index (κ2) is 4.10. The fourth-order valence-corrected chi connectivity index (χ4v) is 2.40. The summed E-state index contributed by atoms with van der Waals surface area (Å²) < 4.78 is 24.9. The van der Waals surface area contributed by atoms with E-state index in [4.69, 9.17) is 0 Å². The van der Waals surface area contributed by atoms with E-state index in [2.05, 4.69) is 10.2 Å². The lowest BCUT2D eigenvalue weighted by molar-refractivity contribution is 0.415. The van der Waals surface area contributed by atoms with Gasteiger partial charge in [-0.05, 0) is 12.0 Å². The number of aromatic nitrogens is 2. The summed E-state index contributed by atoms with van der Waals surface area (Å²) in [6, 6.07) is 1.45. The van der Waals surface area contributed by atoms with Crippen molar-refractivity contribution in [1.82, 2.24) is 14.5 Å². The molecule has 0 saturated heterocycles. The van der Waals surface area contributed by atoms with Gasteiger partial charge in [-0.1, -0.05) is 13.8 Å². The Labute approximate surface area is 84.2 Å². The molecule has 0 radical (unpaired) electrons. The second-order valence-corrected chi connectivity index (χ2v) is 5.61. The number of aromatic amines is 1. The van der Waals surface area contributed by atoms with Crippen molar-refractivity contribution in [2.75, 3.05) is 13.6 Å². The number of hydrogen-bond donors (Lipinski definition) is 1. The Hall–Kier alpha value is -0.880. The minimum absolute atomic E-state index is 0.139. The Morgan fingerprint density at radius 3 is 2.64 bits per heavy atom. The highest BCUT2D eigenvalue weighted by Crippen LogP contribution is 2.11. The van der Waals surface area contributed by atoms with E-state index in [-0.39, 0.29) is 5.03 Å². The number of nitrogens with one attached hydrogen (secondary N) is 1. The van der Waals surface area contributed by atoms with Gasteiger partial charge < -0.3 is 0 Å². The van der Waals surface area contributed by atoms with Crippen molar-refractivity contribution in [1.29, 1.82) is 0 Å². The third kappa shape index (κ3) is 2.33. The van der Waals surface area contributed by atoms with Crippen LogP contribution in [0.4, 0.5) is 0 Å². The Morgan fingerprint density at radius 2 is 2.21 bits per heavy atom. The number of H-pyrrole nitrogens is 1. The second-order valence-electron chi connectivity index (χ2n) is 3.60. The summed E-state index contributed by atoms with van der Waals surface area (Å²) in [5.41, 5.74) is 0. The number of sulfonamides is 1. The van der Waals surface area contributed by atoms with Crippen LogP contribution in [0.15, 0.2) is 17.3 Å². The van der Waals surface area contributed by atoms with Crippen molar-refractivity contribution < 1.29 is 8.42 Å². The highest BCUT2D eigenvalue weighted by molar-refractivity contribution is 7.89. The Kier molecular flexibility index (Phi) is 3.28. The smallest absolute Gasteiger partial charge is 0.259 e. The maximum atomic E-state index is 11.8. The maximum absolute atomic E-state index is 11.8. The maximum Gasteiger partial charge on any atom is 0.259 e. The molecule has 14 heavy (non-hydrogen) atoms. The molecule has 0 amide bonds. The van der Waals surface area contributed by atoms with Crippen LogP contribution in [0.2, 0.25) is 0 Å². The Balaban J connectivity index is 2.86. The van der Waals surface area contributed by atoms with Gasteiger partial charge in [-0.15, -0.1) is 0 Å². The van der Waals surface area contributed by atoms with Crippen LogP contribution in [0.3, 0.4) is 0 Å². The topological polar surface area (TPSA) is 66.1 Å². The molecule has 5 nitrogen and oxygen atoms in total. The van der Waals surface area contributed by atoms with Gasteiger partial charge in [0, 0.05) is 13.6 Å². The van der Waals surface area contributed by atoms with Crippen LogP contribution in [0.25, 0.3) is 0 Å². The summed E-state index contributed by atoms with van der Waals surface area (Å²) in [6.07, 6.45) is 1.43. The molecule has 0 saturated carbocycles. The van der Waals surface area contributed by atoms with E-state index in [1.807, 2.05) is 13.8 Å². The number of rotatable bonds is 4. The van der Waals surface area contributed by atoms with Crippen molar-refractivity contribution in [3.8, 4) is 0 Å². The first-order valence-corrected chi connectivity index (χ1v) is 5.84. The van der Waals surface area contributed by atoms with Crippen LogP contribution >= 0.6 is 0 Å². The minimum atomic E-state index is -3.38. The van der Waals surface area contributed by atoms with E-state index in [0.29, 0.717) is 12.5 Å². The van der Waals surface area contributed by atoms with Crippen molar-refractivity contribution in [3.05, 3.63) is 12.3 Å². The lowest BCUT2D eigenvalue weighted by atomic mass is 10.2. The molecule has 0 aliphatic carbocycles. The van der Waals surface area contributed by atoms with Crippen molar-refractivity contribution in [2.24, 2.45) is 5.92 Å². The first-order chi connectivity index (χ1) is 6.44. The third-order valence-electron chi connectivity index (χ3n) is 1.79. The summed E-state index contributed by atoms with van der Waals surface area (Å²) in [6.45, 7) is 4.44. The third-order valence-corrected chi connectivity index (χ3v) is 3.54. The van der Waals surface area contributed by atoms with Crippen molar-refractivity contribution in [3.63, 3.8) is 0 Å². The molecular weight excluding hydrogens is 202 g/mol. The first-order valence-electron chi connectivity index (χ1n) is 4.40. The van der Waals surface area contributed by atoms with Gasteiger partial charge in [-0.2, -0.15) is 9.40 Å².